The minimum absolute atomic E-state index is 0.227. The molecular weight excluding hydrogens is 216 g/mol. The third kappa shape index (κ3) is 2.49. The standard InChI is InChI=1S/C14H24O3/c1-13(2)5-7-14(8-6-13,12(15)16)11-4-3-9-17-10-11/h11H,3-10H2,1-2H3,(H,15,16). The maximum absolute atomic E-state index is 11.7. The molecule has 1 N–H and O–H groups in total. The lowest BCUT2D eigenvalue weighted by Gasteiger charge is -2.46. The van der Waals surface area contributed by atoms with Crippen LogP contribution < -0.4 is 0 Å². The second-order valence-corrected chi connectivity index (χ2v) is 6.54. The van der Waals surface area contributed by atoms with Gasteiger partial charge in [0.05, 0.1) is 12.0 Å². The summed E-state index contributed by atoms with van der Waals surface area (Å²) >= 11 is 0. The quantitative estimate of drug-likeness (QED) is 0.806. The number of ether oxygens (including phenoxy) is 1. The fraction of sp³-hybridized carbons (Fsp3) is 0.929. The molecule has 2 aliphatic rings. The zero-order chi connectivity index (χ0) is 12.5. The van der Waals surface area contributed by atoms with Gasteiger partial charge in [0.15, 0.2) is 0 Å². The van der Waals surface area contributed by atoms with Gasteiger partial charge in [-0.15, -0.1) is 0 Å². The van der Waals surface area contributed by atoms with Gasteiger partial charge < -0.3 is 9.84 Å². The lowest BCUT2D eigenvalue weighted by Crippen LogP contribution is -2.46. The van der Waals surface area contributed by atoms with Crippen LogP contribution in [0.25, 0.3) is 0 Å². The van der Waals surface area contributed by atoms with Crippen molar-refractivity contribution in [3.8, 4) is 0 Å². The Balaban J connectivity index is 2.13. The Morgan fingerprint density at radius 3 is 2.35 bits per heavy atom. The fourth-order valence-corrected chi connectivity index (χ4v) is 3.35. The van der Waals surface area contributed by atoms with Crippen molar-refractivity contribution >= 4 is 5.97 Å². The predicted molar refractivity (Wildman–Crippen MR) is 65.9 cm³/mol. The number of hydrogen-bond donors (Lipinski definition) is 1. The summed E-state index contributed by atoms with van der Waals surface area (Å²) in [5, 5.41) is 9.66. The number of rotatable bonds is 2. The molecule has 1 aliphatic carbocycles. The highest BCUT2D eigenvalue weighted by atomic mass is 16.5. The number of carboxylic acids is 1. The molecule has 1 saturated carbocycles. The van der Waals surface area contributed by atoms with E-state index >= 15 is 0 Å². The van der Waals surface area contributed by atoms with Crippen LogP contribution in [0.3, 0.4) is 0 Å². The van der Waals surface area contributed by atoms with Gasteiger partial charge in [-0.1, -0.05) is 13.8 Å². The van der Waals surface area contributed by atoms with Gasteiger partial charge in [-0.3, -0.25) is 4.79 Å². The third-order valence-corrected chi connectivity index (χ3v) is 4.86. The molecule has 2 fully saturated rings. The zero-order valence-corrected chi connectivity index (χ0v) is 11.0. The first-order valence-corrected chi connectivity index (χ1v) is 6.77. The Bertz CT molecular complexity index is 280. The van der Waals surface area contributed by atoms with E-state index in [-0.39, 0.29) is 5.92 Å². The number of carbonyl (C=O) groups is 1. The molecule has 3 nitrogen and oxygen atoms in total. The first-order valence-electron chi connectivity index (χ1n) is 6.77. The number of aliphatic carboxylic acids is 1. The Morgan fingerprint density at radius 2 is 1.88 bits per heavy atom. The maximum Gasteiger partial charge on any atom is 0.310 e. The van der Waals surface area contributed by atoms with Gasteiger partial charge in [0.2, 0.25) is 0 Å². The molecule has 3 heteroatoms. The molecule has 98 valence electrons. The second-order valence-electron chi connectivity index (χ2n) is 6.54. The monoisotopic (exact) mass is 240 g/mol. The van der Waals surface area contributed by atoms with Crippen LogP contribution in [0.2, 0.25) is 0 Å². The molecule has 0 aromatic rings. The molecule has 0 bridgehead atoms. The summed E-state index contributed by atoms with van der Waals surface area (Å²) in [4.78, 5) is 11.7. The highest BCUT2D eigenvalue weighted by Gasteiger charge is 2.49. The Morgan fingerprint density at radius 1 is 1.24 bits per heavy atom. The van der Waals surface area contributed by atoms with Crippen LogP contribution in [0.1, 0.15) is 52.4 Å². The van der Waals surface area contributed by atoms with Crippen LogP contribution >= 0.6 is 0 Å². The van der Waals surface area contributed by atoms with E-state index in [2.05, 4.69) is 13.8 Å². The van der Waals surface area contributed by atoms with Gasteiger partial charge in [-0.25, -0.2) is 0 Å². The number of hydrogen-bond acceptors (Lipinski definition) is 2. The highest BCUT2D eigenvalue weighted by molar-refractivity contribution is 5.75. The molecule has 0 radical (unpaired) electrons. The predicted octanol–water partition coefficient (Wildman–Crippen LogP) is 3.08. The van der Waals surface area contributed by atoms with Crippen LogP contribution in [0.4, 0.5) is 0 Å². The average molecular weight is 240 g/mol. The molecule has 1 saturated heterocycles. The summed E-state index contributed by atoms with van der Waals surface area (Å²) in [6.45, 7) is 5.94. The smallest absolute Gasteiger partial charge is 0.310 e. The van der Waals surface area contributed by atoms with Gasteiger partial charge in [-0.2, -0.15) is 0 Å². The van der Waals surface area contributed by atoms with E-state index in [0.29, 0.717) is 12.0 Å². The Kier molecular flexibility index (Phi) is 3.48. The SMILES string of the molecule is CC1(C)CCC(C(=O)O)(C2CCCOC2)CC1. The summed E-state index contributed by atoms with van der Waals surface area (Å²) in [7, 11) is 0. The summed E-state index contributed by atoms with van der Waals surface area (Å²) < 4.78 is 5.50. The molecular formula is C14H24O3. The minimum atomic E-state index is -0.594. The summed E-state index contributed by atoms with van der Waals surface area (Å²) in [5.74, 6) is -0.367. The van der Waals surface area contributed by atoms with Crippen molar-refractivity contribution in [2.24, 2.45) is 16.7 Å². The van der Waals surface area contributed by atoms with Crippen molar-refractivity contribution in [1.29, 1.82) is 0 Å². The molecule has 1 heterocycles. The first-order chi connectivity index (χ1) is 7.96. The van der Waals surface area contributed by atoms with E-state index in [1.807, 2.05) is 0 Å². The lowest BCUT2D eigenvalue weighted by molar-refractivity contribution is -0.162. The van der Waals surface area contributed by atoms with Crippen molar-refractivity contribution in [3.05, 3.63) is 0 Å². The zero-order valence-electron chi connectivity index (χ0n) is 11.0. The van der Waals surface area contributed by atoms with Crippen molar-refractivity contribution in [2.75, 3.05) is 13.2 Å². The summed E-state index contributed by atoms with van der Waals surface area (Å²) in [6, 6.07) is 0. The van der Waals surface area contributed by atoms with Crippen molar-refractivity contribution in [3.63, 3.8) is 0 Å². The Hall–Kier alpha value is -0.570. The normalized spacial score (nSPS) is 32.0. The van der Waals surface area contributed by atoms with Crippen molar-refractivity contribution in [1.82, 2.24) is 0 Å². The molecule has 2 rings (SSSR count). The molecule has 17 heavy (non-hydrogen) atoms. The van der Waals surface area contributed by atoms with Crippen molar-refractivity contribution < 1.29 is 14.6 Å². The largest absolute Gasteiger partial charge is 0.481 e. The number of carboxylic acid groups (broad SMARTS) is 1. The molecule has 1 aliphatic heterocycles. The average Bonchev–Trinajstić information content (AvgIpc) is 2.30. The van der Waals surface area contributed by atoms with Crippen LogP contribution in [0.15, 0.2) is 0 Å². The molecule has 0 aromatic heterocycles. The third-order valence-electron chi connectivity index (χ3n) is 4.86. The minimum Gasteiger partial charge on any atom is -0.481 e. The second kappa shape index (κ2) is 4.60. The van der Waals surface area contributed by atoms with E-state index in [1.54, 1.807) is 0 Å². The van der Waals surface area contributed by atoms with E-state index in [4.69, 9.17) is 4.74 Å². The maximum atomic E-state index is 11.7. The first kappa shape index (κ1) is 12.9. The molecule has 0 spiro atoms. The van der Waals surface area contributed by atoms with Crippen LogP contribution in [0, 0.1) is 16.7 Å². The highest BCUT2D eigenvalue weighted by Crippen LogP contribution is 2.51. The van der Waals surface area contributed by atoms with Crippen molar-refractivity contribution in [2.45, 2.75) is 52.4 Å². The van der Waals surface area contributed by atoms with E-state index < -0.39 is 11.4 Å². The summed E-state index contributed by atoms with van der Waals surface area (Å²) in [5.41, 5.74) is -0.190. The van der Waals surface area contributed by atoms with Crippen LogP contribution in [-0.4, -0.2) is 24.3 Å². The summed E-state index contributed by atoms with van der Waals surface area (Å²) in [6.07, 6.45) is 5.73. The van der Waals surface area contributed by atoms with Crippen LogP contribution in [-0.2, 0) is 9.53 Å². The molecule has 1 atom stereocenters. The fourth-order valence-electron chi connectivity index (χ4n) is 3.35. The van der Waals surface area contributed by atoms with E-state index in [1.165, 1.54) is 0 Å². The van der Waals surface area contributed by atoms with Gasteiger partial charge in [0.1, 0.15) is 0 Å². The van der Waals surface area contributed by atoms with E-state index in [0.717, 1.165) is 45.1 Å². The van der Waals surface area contributed by atoms with Crippen LogP contribution in [0.5, 0.6) is 0 Å². The Labute approximate surface area is 104 Å². The van der Waals surface area contributed by atoms with Gasteiger partial charge in [0.25, 0.3) is 0 Å². The molecule has 1 unspecified atom stereocenters. The van der Waals surface area contributed by atoms with Gasteiger partial charge >= 0.3 is 5.97 Å². The van der Waals surface area contributed by atoms with Gasteiger partial charge in [-0.05, 0) is 49.9 Å². The topological polar surface area (TPSA) is 46.5 Å². The van der Waals surface area contributed by atoms with E-state index in [9.17, 15) is 9.90 Å². The molecule has 0 aromatic carbocycles. The lowest BCUT2D eigenvalue weighted by atomic mass is 9.59. The van der Waals surface area contributed by atoms with Gasteiger partial charge in [0, 0.05) is 6.61 Å². The molecule has 0 amide bonds.